The molecule has 0 rings (SSSR count). The first-order valence-corrected chi connectivity index (χ1v) is 21.0. The van der Waals surface area contributed by atoms with Crippen LogP contribution < -0.4 is 0 Å². The Morgan fingerprint density at radius 3 is 1.22 bits per heavy atom. The van der Waals surface area contributed by atoms with Crippen molar-refractivity contribution in [3.8, 4) is 0 Å². The van der Waals surface area contributed by atoms with E-state index in [9.17, 15) is 14.4 Å². The van der Waals surface area contributed by atoms with Gasteiger partial charge in [-0.25, -0.2) is 0 Å². The number of carbonyl (C=O) groups excluding carboxylic acids is 3. The highest BCUT2D eigenvalue weighted by atomic mass is 16.6. The molecule has 0 amide bonds. The highest BCUT2D eigenvalue weighted by Gasteiger charge is 2.19. The molecule has 0 fully saturated rings. The summed E-state index contributed by atoms with van der Waals surface area (Å²) in [6.07, 6.45) is 42.8. The Labute approximate surface area is 308 Å². The van der Waals surface area contributed by atoms with Crippen molar-refractivity contribution in [1.82, 2.24) is 0 Å². The van der Waals surface area contributed by atoms with Crippen molar-refractivity contribution >= 4 is 17.9 Å². The maximum Gasteiger partial charge on any atom is 0.306 e. The van der Waals surface area contributed by atoms with Crippen LogP contribution >= 0.6 is 0 Å². The van der Waals surface area contributed by atoms with Gasteiger partial charge in [-0.05, 0) is 70.6 Å². The Hall–Kier alpha value is -2.37. The fourth-order valence-corrected chi connectivity index (χ4v) is 5.65. The zero-order chi connectivity index (χ0) is 36.6. The Bertz CT molecular complexity index is 861. The van der Waals surface area contributed by atoms with Crippen LogP contribution in [0, 0.1) is 0 Å². The van der Waals surface area contributed by atoms with Gasteiger partial charge in [0.25, 0.3) is 0 Å². The lowest BCUT2D eigenvalue weighted by molar-refractivity contribution is -0.167. The molecule has 0 aliphatic heterocycles. The minimum absolute atomic E-state index is 0.0801. The van der Waals surface area contributed by atoms with Crippen molar-refractivity contribution < 1.29 is 28.6 Å². The molecular formula is C44H78O6. The summed E-state index contributed by atoms with van der Waals surface area (Å²) in [5, 5.41) is 0. The molecule has 6 heteroatoms. The minimum atomic E-state index is -0.774. The third-order valence-electron chi connectivity index (χ3n) is 8.85. The summed E-state index contributed by atoms with van der Waals surface area (Å²) >= 11 is 0. The van der Waals surface area contributed by atoms with E-state index < -0.39 is 6.10 Å². The first kappa shape index (κ1) is 47.6. The van der Waals surface area contributed by atoms with Crippen molar-refractivity contribution in [2.24, 2.45) is 0 Å². The molecule has 1 atom stereocenters. The highest BCUT2D eigenvalue weighted by Crippen LogP contribution is 2.13. The average molecular weight is 703 g/mol. The summed E-state index contributed by atoms with van der Waals surface area (Å²) in [5.41, 5.74) is 0. The van der Waals surface area contributed by atoms with E-state index in [0.29, 0.717) is 19.3 Å². The molecule has 1 unspecified atom stereocenters. The fraction of sp³-hybridized carbons (Fsp3) is 0.795. The van der Waals surface area contributed by atoms with E-state index in [1.807, 2.05) is 0 Å². The summed E-state index contributed by atoms with van der Waals surface area (Å²) in [7, 11) is 0. The third kappa shape index (κ3) is 36.9. The van der Waals surface area contributed by atoms with E-state index in [0.717, 1.165) is 96.3 Å². The summed E-state index contributed by atoms with van der Waals surface area (Å²) < 4.78 is 16.6. The van der Waals surface area contributed by atoms with E-state index in [1.165, 1.54) is 70.6 Å². The van der Waals surface area contributed by atoms with Crippen LogP contribution in [0.5, 0.6) is 0 Å². The van der Waals surface area contributed by atoms with Crippen molar-refractivity contribution in [1.29, 1.82) is 0 Å². The van der Waals surface area contributed by atoms with Crippen molar-refractivity contribution in [2.45, 2.75) is 213 Å². The highest BCUT2D eigenvalue weighted by molar-refractivity contribution is 5.71. The van der Waals surface area contributed by atoms with Gasteiger partial charge in [-0.2, -0.15) is 0 Å². The molecule has 0 heterocycles. The molecule has 0 spiro atoms. The van der Waals surface area contributed by atoms with E-state index in [-0.39, 0.29) is 31.1 Å². The largest absolute Gasteiger partial charge is 0.462 e. The lowest BCUT2D eigenvalue weighted by Crippen LogP contribution is -2.30. The second kappa shape index (κ2) is 39.4. The van der Waals surface area contributed by atoms with Gasteiger partial charge in [0.05, 0.1) is 0 Å². The smallest absolute Gasteiger partial charge is 0.306 e. The molecule has 0 aliphatic rings. The first-order chi connectivity index (χ1) is 24.5. The normalized spacial score (nSPS) is 12.3. The quantitative estimate of drug-likeness (QED) is 0.0277. The van der Waals surface area contributed by atoms with Gasteiger partial charge in [-0.1, -0.05) is 154 Å². The second-order valence-electron chi connectivity index (χ2n) is 13.9. The number of rotatable bonds is 37. The van der Waals surface area contributed by atoms with Gasteiger partial charge in [-0.15, -0.1) is 0 Å². The Balaban J connectivity index is 4.34. The van der Waals surface area contributed by atoms with E-state index >= 15 is 0 Å². The topological polar surface area (TPSA) is 78.9 Å². The molecule has 0 saturated carbocycles. The molecule has 290 valence electrons. The predicted molar refractivity (Wildman–Crippen MR) is 210 cm³/mol. The molecule has 50 heavy (non-hydrogen) atoms. The monoisotopic (exact) mass is 703 g/mol. The van der Waals surface area contributed by atoms with Crippen LogP contribution in [-0.2, 0) is 28.6 Å². The van der Waals surface area contributed by atoms with Crippen LogP contribution in [0.3, 0.4) is 0 Å². The van der Waals surface area contributed by atoms with Crippen LogP contribution in [0.4, 0.5) is 0 Å². The van der Waals surface area contributed by atoms with Gasteiger partial charge >= 0.3 is 17.9 Å². The Morgan fingerprint density at radius 2 is 0.760 bits per heavy atom. The molecule has 6 nitrogen and oxygen atoms in total. The van der Waals surface area contributed by atoms with Crippen molar-refractivity contribution in [2.75, 3.05) is 13.2 Å². The molecule has 0 saturated heterocycles. The van der Waals surface area contributed by atoms with Crippen LogP contribution in [-0.4, -0.2) is 37.2 Å². The minimum Gasteiger partial charge on any atom is -0.462 e. The number of carbonyl (C=O) groups is 3. The van der Waals surface area contributed by atoms with Gasteiger partial charge in [0.1, 0.15) is 13.2 Å². The number of unbranched alkanes of at least 4 members (excludes halogenated alkanes) is 20. The van der Waals surface area contributed by atoms with E-state index in [1.54, 1.807) is 0 Å². The molecule has 0 aliphatic carbocycles. The molecule has 0 N–H and O–H groups in total. The summed E-state index contributed by atoms with van der Waals surface area (Å²) in [6, 6.07) is 0. The zero-order valence-corrected chi connectivity index (χ0v) is 32.9. The van der Waals surface area contributed by atoms with Gasteiger partial charge < -0.3 is 14.2 Å². The summed E-state index contributed by atoms with van der Waals surface area (Å²) in [6.45, 7) is 6.46. The molecule has 0 aromatic heterocycles. The number of allylic oxidation sites excluding steroid dienone is 6. The lowest BCUT2D eigenvalue weighted by atomic mass is 10.1. The van der Waals surface area contributed by atoms with Gasteiger partial charge in [-0.3, -0.25) is 14.4 Å². The maximum atomic E-state index is 12.6. The molecular weight excluding hydrogens is 624 g/mol. The number of hydrogen-bond donors (Lipinski definition) is 0. The van der Waals surface area contributed by atoms with Crippen LogP contribution in [0.25, 0.3) is 0 Å². The standard InChI is InChI=1S/C44H78O6/c1-4-7-10-13-16-18-20-22-24-26-28-31-34-37-43(46)49-40-41(39-48-42(45)36-33-30-15-12-9-6-3)50-44(47)38-35-32-29-27-25-23-21-19-17-14-11-8-5-2/h10,13,18-21,41H,4-9,11-12,14-17,22-40H2,1-3H3/b13-10-,20-18-,21-19-. The second-order valence-corrected chi connectivity index (χ2v) is 13.9. The van der Waals surface area contributed by atoms with Crippen LogP contribution in [0.15, 0.2) is 36.5 Å². The lowest BCUT2D eigenvalue weighted by Gasteiger charge is -2.18. The maximum absolute atomic E-state index is 12.6. The number of hydrogen-bond acceptors (Lipinski definition) is 6. The molecule has 0 bridgehead atoms. The third-order valence-corrected chi connectivity index (χ3v) is 8.85. The van der Waals surface area contributed by atoms with E-state index in [4.69, 9.17) is 14.2 Å². The average Bonchev–Trinajstić information content (AvgIpc) is 3.11. The fourth-order valence-electron chi connectivity index (χ4n) is 5.65. The number of esters is 3. The Morgan fingerprint density at radius 1 is 0.400 bits per heavy atom. The molecule has 0 aromatic rings. The van der Waals surface area contributed by atoms with Crippen LogP contribution in [0.2, 0.25) is 0 Å². The first-order valence-electron chi connectivity index (χ1n) is 21.0. The molecule has 0 aromatic carbocycles. The zero-order valence-electron chi connectivity index (χ0n) is 32.9. The van der Waals surface area contributed by atoms with Gasteiger partial charge in [0.15, 0.2) is 6.10 Å². The van der Waals surface area contributed by atoms with E-state index in [2.05, 4.69) is 57.2 Å². The summed E-state index contributed by atoms with van der Waals surface area (Å²) in [5.74, 6) is -0.916. The van der Waals surface area contributed by atoms with Gasteiger partial charge in [0, 0.05) is 19.3 Å². The van der Waals surface area contributed by atoms with Crippen LogP contribution in [0.1, 0.15) is 207 Å². The Kier molecular flexibility index (Phi) is 37.5. The van der Waals surface area contributed by atoms with Crippen molar-refractivity contribution in [3.05, 3.63) is 36.5 Å². The van der Waals surface area contributed by atoms with Gasteiger partial charge in [0.2, 0.25) is 0 Å². The number of ether oxygens (including phenoxy) is 3. The SMILES string of the molecule is CCC/C=C\C/C=C\CCCCCCCC(=O)OCC(COC(=O)CCCCCCCC)OC(=O)CCCCCCC/C=C\CCCCCC. The predicted octanol–water partition coefficient (Wildman–Crippen LogP) is 13.0. The van der Waals surface area contributed by atoms with Crippen molar-refractivity contribution in [3.63, 3.8) is 0 Å². The summed E-state index contributed by atoms with van der Waals surface area (Å²) in [4.78, 5) is 37.4. The molecule has 0 radical (unpaired) electrons.